The summed E-state index contributed by atoms with van der Waals surface area (Å²) < 4.78 is 30.3. The van der Waals surface area contributed by atoms with Crippen molar-refractivity contribution in [3.05, 3.63) is 18.3 Å². The topological polar surface area (TPSA) is 64.0 Å². The summed E-state index contributed by atoms with van der Waals surface area (Å²) in [6.07, 6.45) is 1.53. The summed E-state index contributed by atoms with van der Waals surface area (Å²) >= 11 is 0. The van der Waals surface area contributed by atoms with E-state index in [1.54, 1.807) is 12.1 Å². The molecule has 0 bridgehead atoms. The summed E-state index contributed by atoms with van der Waals surface area (Å²) in [6, 6.07) is 3.42. The van der Waals surface area contributed by atoms with Crippen LogP contribution in [0, 0.1) is 0 Å². The predicted octanol–water partition coefficient (Wildman–Crippen LogP) is -0.412. The molecule has 2 rings (SSSR count). The molecule has 1 saturated heterocycles. The van der Waals surface area contributed by atoms with E-state index in [9.17, 15) is 8.42 Å². The van der Waals surface area contributed by atoms with Crippen molar-refractivity contribution in [1.29, 1.82) is 0 Å². The van der Waals surface area contributed by atoms with Crippen LogP contribution in [0.15, 0.2) is 23.2 Å². The van der Waals surface area contributed by atoms with Crippen LogP contribution in [-0.4, -0.2) is 53.1 Å². The lowest BCUT2D eigenvalue weighted by Crippen LogP contribution is -2.39. The molecule has 1 aromatic rings. The normalized spacial score (nSPS) is 17.2. The van der Waals surface area contributed by atoms with Gasteiger partial charge in [0, 0.05) is 20.2 Å². The van der Waals surface area contributed by atoms with Crippen LogP contribution in [0.2, 0.25) is 0 Å². The zero-order chi connectivity index (χ0) is 13.2. The third-order valence-electron chi connectivity index (χ3n) is 2.90. The van der Waals surface area contributed by atoms with E-state index in [1.807, 2.05) is 0 Å². The largest absolute Gasteiger partial charge is 0.373 e. The van der Waals surface area contributed by atoms with Crippen LogP contribution in [0.25, 0.3) is 0 Å². The summed E-state index contributed by atoms with van der Waals surface area (Å²) in [4.78, 5) is 5.43. The van der Waals surface area contributed by atoms with Gasteiger partial charge in [-0.25, -0.2) is 17.7 Å². The van der Waals surface area contributed by atoms with Gasteiger partial charge in [0.1, 0.15) is 24.2 Å². The molecule has 0 aromatic carbocycles. The number of ether oxygens (including phenoxy) is 1. The van der Waals surface area contributed by atoms with E-state index in [2.05, 4.69) is 9.88 Å². The van der Waals surface area contributed by atoms with Gasteiger partial charge in [-0.1, -0.05) is 0 Å². The first kappa shape index (κ1) is 13.3. The molecule has 1 fully saturated rings. The molecule has 100 valence electrons. The highest BCUT2D eigenvalue weighted by Gasteiger charge is 2.22. The van der Waals surface area contributed by atoms with Crippen LogP contribution in [0.3, 0.4) is 0 Å². The summed E-state index contributed by atoms with van der Waals surface area (Å²) in [7, 11) is -0.327. The quantitative estimate of drug-likeness (QED) is 0.750. The van der Waals surface area contributed by atoms with E-state index in [1.165, 1.54) is 24.6 Å². The van der Waals surface area contributed by atoms with Crippen molar-refractivity contribution in [2.45, 2.75) is 4.90 Å². The summed E-state index contributed by atoms with van der Waals surface area (Å²) in [5.74, 6) is 0.913. The smallest absolute Gasteiger partial charge is 0.274 e. The van der Waals surface area contributed by atoms with E-state index in [0.29, 0.717) is 13.2 Å². The van der Waals surface area contributed by atoms with E-state index in [4.69, 9.17) is 4.74 Å². The van der Waals surface area contributed by atoms with Gasteiger partial charge < -0.3 is 4.74 Å². The van der Waals surface area contributed by atoms with E-state index in [0.717, 1.165) is 18.9 Å². The van der Waals surface area contributed by atoms with Crippen LogP contribution in [-0.2, 0) is 14.8 Å². The monoisotopic (exact) mass is 272 g/mol. The van der Waals surface area contributed by atoms with Gasteiger partial charge in [0.15, 0.2) is 0 Å². The second kappa shape index (κ2) is 5.21. The van der Waals surface area contributed by atoms with Crippen molar-refractivity contribution in [1.82, 2.24) is 4.31 Å². The summed E-state index contributed by atoms with van der Waals surface area (Å²) in [5, 5.41) is 0. The molecule has 0 atom stereocenters. The second-order valence-corrected chi connectivity index (χ2v) is 6.45. The van der Waals surface area contributed by atoms with Crippen molar-refractivity contribution in [2.24, 2.45) is 0 Å². The van der Waals surface area contributed by atoms with Crippen LogP contribution in [0.5, 0.6) is 0 Å². The van der Waals surface area contributed by atoms with Gasteiger partial charge in [0.05, 0.1) is 13.2 Å². The SMILES string of the molecule is CN(C)S(=O)(=O)c1ccc(N2CCOCC2)[nH+]c1. The molecule has 1 aliphatic rings. The molecule has 1 N–H and O–H groups in total. The highest BCUT2D eigenvalue weighted by Crippen LogP contribution is 2.14. The van der Waals surface area contributed by atoms with Crippen molar-refractivity contribution in [2.75, 3.05) is 45.3 Å². The minimum absolute atomic E-state index is 0.268. The van der Waals surface area contributed by atoms with Crippen LogP contribution in [0.1, 0.15) is 0 Å². The molecule has 7 heteroatoms. The minimum Gasteiger partial charge on any atom is -0.373 e. The van der Waals surface area contributed by atoms with Gasteiger partial charge >= 0.3 is 0 Å². The van der Waals surface area contributed by atoms with Crippen LogP contribution < -0.4 is 9.88 Å². The molecular formula is C11H18N3O3S+. The third kappa shape index (κ3) is 2.63. The van der Waals surface area contributed by atoms with E-state index < -0.39 is 10.0 Å². The highest BCUT2D eigenvalue weighted by atomic mass is 32.2. The Balaban J connectivity index is 2.20. The molecule has 1 aromatic heterocycles. The van der Waals surface area contributed by atoms with E-state index in [-0.39, 0.29) is 4.90 Å². The van der Waals surface area contributed by atoms with Gasteiger partial charge in [-0.3, -0.25) is 4.90 Å². The highest BCUT2D eigenvalue weighted by molar-refractivity contribution is 7.89. The van der Waals surface area contributed by atoms with Crippen molar-refractivity contribution in [3.8, 4) is 0 Å². The Hall–Kier alpha value is -1.18. The number of morpholine rings is 1. The molecule has 2 heterocycles. The number of anilines is 1. The first-order chi connectivity index (χ1) is 8.51. The fourth-order valence-electron chi connectivity index (χ4n) is 1.77. The number of nitrogens with one attached hydrogen (secondary N) is 1. The average molecular weight is 272 g/mol. The molecule has 18 heavy (non-hydrogen) atoms. The summed E-state index contributed by atoms with van der Waals surface area (Å²) in [5.41, 5.74) is 0. The van der Waals surface area contributed by atoms with Gasteiger partial charge in [-0.15, -0.1) is 0 Å². The maximum absolute atomic E-state index is 11.9. The lowest BCUT2D eigenvalue weighted by molar-refractivity contribution is -0.367. The Morgan fingerprint density at radius 1 is 1.28 bits per heavy atom. The van der Waals surface area contributed by atoms with E-state index >= 15 is 0 Å². The first-order valence-corrected chi connectivity index (χ1v) is 7.23. The number of aromatic nitrogens is 1. The number of rotatable bonds is 3. The number of hydrogen-bond acceptors (Lipinski definition) is 4. The minimum atomic E-state index is -3.37. The number of sulfonamides is 1. The molecule has 0 spiro atoms. The lowest BCUT2D eigenvalue weighted by atomic mass is 10.4. The molecule has 1 aliphatic heterocycles. The number of pyridine rings is 1. The molecule has 0 saturated carbocycles. The Morgan fingerprint density at radius 3 is 2.44 bits per heavy atom. The third-order valence-corrected chi connectivity index (χ3v) is 4.71. The molecule has 0 aliphatic carbocycles. The Kier molecular flexibility index (Phi) is 3.84. The van der Waals surface area contributed by atoms with Crippen molar-refractivity contribution >= 4 is 15.8 Å². The molecule has 0 radical (unpaired) electrons. The standard InChI is InChI=1S/C11H17N3O3S/c1-13(2)18(15,16)10-3-4-11(12-9-10)14-5-7-17-8-6-14/h3-4,9H,5-8H2,1-2H3/p+1. The second-order valence-electron chi connectivity index (χ2n) is 4.30. The zero-order valence-corrected chi connectivity index (χ0v) is 11.4. The molecule has 0 amide bonds. The summed E-state index contributed by atoms with van der Waals surface area (Å²) in [6.45, 7) is 3.03. The zero-order valence-electron chi connectivity index (χ0n) is 10.6. The van der Waals surface area contributed by atoms with Gasteiger partial charge in [0.2, 0.25) is 10.0 Å². The predicted molar refractivity (Wildman–Crippen MR) is 66.9 cm³/mol. The molecular weight excluding hydrogens is 254 g/mol. The van der Waals surface area contributed by atoms with Crippen LogP contribution >= 0.6 is 0 Å². The Labute approximate surface area is 107 Å². The number of hydrogen-bond donors (Lipinski definition) is 0. The van der Waals surface area contributed by atoms with Gasteiger partial charge in [-0.2, -0.15) is 0 Å². The van der Waals surface area contributed by atoms with Gasteiger partial charge in [0.25, 0.3) is 5.82 Å². The number of nitrogens with zero attached hydrogens (tertiary/aromatic N) is 2. The average Bonchev–Trinajstić information content (AvgIpc) is 2.40. The fourth-order valence-corrected chi connectivity index (χ4v) is 2.64. The number of aromatic amines is 1. The van der Waals surface area contributed by atoms with Crippen molar-refractivity contribution < 1.29 is 18.1 Å². The molecule has 6 nitrogen and oxygen atoms in total. The number of H-pyrrole nitrogens is 1. The van der Waals surface area contributed by atoms with Crippen molar-refractivity contribution in [3.63, 3.8) is 0 Å². The van der Waals surface area contributed by atoms with Crippen LogP contribution in [0.4, 0.5) is 5.82 Å². The van der Waals surface area contributed by atoms with Gasteiger partial charge in [-0.05, 0) is 6.07 Å². The first-order valence-electron chi connectivity index (χ1n) is 5.79. The Bertz CT molecular complexity index is 493. The maximum Gasteiger partial charge on any atom is 0.274 e. The maximum atomic E-state index is 11.9. The fraction of sp³-hybridized carbons (Fsp3) is 0.545. The molecule has 0 unspecified atom stereocenters. The Morgan fingerprint density at radius 2 is 1.94 bits per heavy atom. The lowest BCUT2D eigenvalue weighted by Gasteiger charge is -2.21.